The molecule has 0 aliphatic carbocycles. The number of anilines is 1. The summed E-state index contributed by atoms with van der Waals surface area (Å²) < 4.78 is 14.9. The first kappa shape index (κ1) is 20.0. The molecule has 2 aromatic carbocycles. The number of Topliss-reactive ketones (excluding diaryl/α,β-unsaturated/α-hetero) is 1. The minimum Gasteiger partial charge on any atom is -0.362 e. The van der Waals surface area contributed by atoms with Crippen LogP contribution in [0.25, 0.3) is 5.57 Å². The fourth-order valence-electron chi connectivity index (χ4n) is 3.77. The Morgan fingerprint density at radius 1 is 1.21 bits per heavy atom. The van der Waals surface area contributed by atoms with E-state index in [0.717, 1.165) is 29.8 Å². The second-order valence-electron chi connectivity index (χ2n) is 7.88. The van der Waals surface area contributed by atoms with Gasteiger partial charge in [0.2, 0.25) is 0 Å². The van der Waals surface area contributed by atoms with Crippen molar-refractivity contribution in [3.63, 3.8) is 0 Å². The molecule has 0 bridgehead atoms. The molecule has 0 atom stereocenters. The highest BCUT2D eigenvalue weighted by Gasteiger charge is 2.31. The molecule has 2 aromatic rings. The van der Waals surface area contributed by atoms with Crippen molar-refractivity contribution in [2.45, 2.75) is 46.6 Å². The fraction of sp³-hybridized carbons (Fsp3) is 0.333. The SMILES string of the molecule is CCCN1c2cc(F)c(C=Nc3ccc(C(C)=O)cc3)cc2C(C)=CC1(C)C. The van der Waals surface area contributed by atoms with Gasteiger partial charge in [-0.2, -0.15) is 0 Å². The van der Waals surface area contributed by atoms with Crippen molar-refractivity contribution in [1.82, 2.24) is 0 Å². The Bertz CT molecular complexity index is 955. The van der Waals surface area contributed by atoms with Gasteiger partial charge in [0.15, 0.2) is 5.78 Å². The summed E-state index contributed by atoms with van der Waals surface area (Å²) in [6.07, 6.45) is 4.79. The highest BCUT2D eigenvalue weighted by molar-refractivity contribution is 5.94. The molecule has 28 heavy (non-hydrogen) atoms. The Hall–Kier alpha value is -2.75. The van der Waals surface area contributed by atoms with Gasteiger partial charge in [-0.15, -0.1) is 0 Å². The number of halogens is 1. The maximum atomic E-state index is 14.9. The molecule has 0 N–H and O–H groups in total. The van der Waals surface area contributed by atoms with Gasteiger partial charge in [-0.05, 0) is 76.1 Å². The van der Waals surface area contributed by atoms with E-state index in [1.165, 1.54) is 6.92 Å². The van der Waals surface area contributed by atoms with E-state index in [1.807, 2.05) is 6.07 Å². The quantitative estimate of drug-likeness (QED) is 0.459. The van der Waals surface area contributed by atoms with Crippen molar-refractivity contribution in [3.8, 4) is 0 Å². The molecular weight excluding hydrogens is 351 g/mol. The van der Waals surface area contributed by atoms with Crippen molar-refractivity contribution in [1.29, 1.82) is 0 Å². The van der Waals surface area contributed by atoms with Crippen molar-refractivity contribution in [2.75, 3.05) is 11.4 Å². The van der Waals surface area contributed by atoms with Crippen LogP contribution in [0.2, 0.25) is 0 Å². The summed E-state index contributed by atoms with van der Waals surface area (Å²) in [4.78, 5) is 18.0. The van der Waals surface area contributed by atoms with E-state index >= 15 is 0 Å². The monoisotopic (exact) mass is 378 g/mol. The first-order valence-electron chi connectivity index (χ1n) is 9.69. The van der Waals surface area contributed by atoms with Crippen LogP contribution in [0.15, 0.2) is 47.5 Å². The first-order chi connectivity index (χ1) is 13.2. The maximum absolute atomic E-state index is 14.9. The zero-order valence-electron chi connectivity index (χ0n) is 17.2. The van der Waals surface area contributed by atoms with Gasteiger partial charge in [0, 0.05) is 35.1 Å². The number of aliphatic imine (C=N–C) groups is 1. The number of carbonyl (C=O) groups excluding carboxylic acids is 1. The molecule has 1 heterocycles. The van der Waals surface area contributed by atoms with Crippen LogP contribution >= 0.6 is 0 Å². The van der Waals surface area contributed by atoms with Crippen molar-refractivity contribution >= 4 is 28.9 Å². The lowest BCUT2D eigenvalue weighted by molar-refractivity contribution is 0.101. The van der Waals surface area contributed by atoms with Crippen LogP contribution in [0.3, 0.4) is 0 Å². The molecular formula is C24H27FN2O. The van der Waals surface area contributed by atoms with Gasteiger partial charge in [0.1, 0.15) is 5.82 Å². The topological polar surface area (TPSA) is 32.7 Å². The third-order valence-electron chi connectivity index (χ3n) is 5.17. The molecule has 1 aliphatic heterocycles. The van der Waals surface area contributed by atoms with E-state index in [9.17, 15) is 9.18 Å². The van der Waals surface area contributed by atoms with E-state index in [-0.39, 0.29) is 17.1 Å². The molecule has 0 saturated heterocycles. The maximum Gasteiger partial charge on any atom is 0.159 e. The predicted molar refractivity (Wildman–Crippen MR) is 115 cm³/mol. The number of benzene rings is 2. The average molecular weight is 378 g/mol. The standard InChI is InChI=1S/C24H27FN2O/c1-6-11-27-23-13-22(25)19(12-21(23)16(2)14-24(27,4)5)15-26-20-9-7-18(8-10-20)17(3)28/h7-10,12-15H,6,11H2,1-5H3. The normalized spacial score (nSPS) is 15.5. The summed E-state index contributed by atoms with van der Waals surface area (Å²) in [5, 5.41) is 0. The number of nitrogens with zero attached hydrogens (tertiary/aromatic N) is 2. The number of rotatable bonds is 5. The molecule has 0 aromatic heterocycles. The van der Waals surface area contributed by atoms with Crippen LogP contribution in [-0.2, 0) is 0 Å². The van der Waals surface area contributed by atoms with Crippen LogP contribution in [0, 0.1) is 5.82 Å². The number of allylic oxidation sites excluding steroid dienone is 1. The summed E-state index contributed by atoms with van der Waals surface area (Å²) in [5.41, 5.74) is 4.76. The second-order valence-corrected chi connectivity index (χ2v) is 7.88. The smallest absolute Gasteiger partial charge is 0.159 e. The van der Waals surface area contributed by atoms with E-state index in [1.54, 1.807) is 36.5 Å². The average Bonchev–Trinajstić information content (AvgIpc) is 2.63. The zero-order valence-corrected chi connectivity index (χ0v) is 17.2. The lowest BCUT2D eigenvalue weighted by Gasteiger charge is -2.43. The van der Waals surface area contributed by atoms with Gasteiger partial charge in [-0.1, -0.05) is 13.0 Å². The minimum atomic E-state index is -0.283. The summed E-state index contributed by atoms with van der Waals surface area (Å²) in [7, 11) is 0. The highest BCUT2D eigenvalue weighted by Crippen LogP contribution is 2.40. The largest absolute Gasteiger partial charge is 0.362 e. The summed E-state index contributed by atoms with van der Waals surface area (Å²) in [5.74, 6) is -0.271. The molecule has 0 saturated carbocycles. The highest BCUT2D eigenvalue weighted by atomic mass is 19.1. The summed E-state index contributed by atoms with van der Waals surface area (Å²) >= 11 is 0. The number of fused-ring (bicyclic) bond motifs is 1. The van der Waals surface area contributed by atoms with Gasteiger partial charge in [-0.25, -0.2) is 4.39 Å². The summed E-state index contributed by atoms with van der Waals surface area (Å²) in [6, 6.07) is 10.5. The third-order valence-corrected chi connectivity index (χ3v) is 5.17. The molecule has 0 amide bonds. The molecule has 3 rings (SSSR count). The van der Waals surface area contributed by atoms with E-state index in [0.29, 0.717) is 16.8 Å². The molecule has 0 radical (unpaired) electrons. The van der Waals surface area contributed by atoms with Gasteiger partial charge in [-0.3, -0.25) is 9.79 Å². The molecule has 146 valence electrons. The third kappa shape index (κ3) is 3.91. The van der Waals surface area contributed by atoms with Gasteiger partial charge < -0.3 is 4.90 Å². The molecule has 0 fully saturated rings. The molecule has 3 nitrogen and oxygen atoms in total. The predicted octanol–water partition coefficient (Wildman–Crippen LogP) is 6.19. The summed E-state index contributed by atoms with van der Waals surface area (Å²) in [6.45, 7) is 10.9. The Morgan fingerprint density at radius 2 is 1.89 bits per heavy atom. The molecule has 4 heteroatoms. The molecule has 0 unspecified atom stereocenters. The van der Waals surface area contributed by atoms with Crippen LogP contribution in [0.5, 0.6) is 0 Å². The second kappa shape index (κ2) is 7.70. The van der Waals surface area contributed by atoms with Crippen LogP contribution in [0.1, 0.15) is 62.5 Å². The zero-order chi connectivity index (χ0) is 20.5. The number of ketones is 1. The first-order valence-corrected chi connectivity index (χ1v) is 9.69. The van der Waals surface area contributed by atoms with Crippen molar-refractivity contribution < 1.29 is 9.18 Å². The lowest BCUT2D eigenvalue weighted by Crippen LogP contribution is -2.45. The number of hydrogen-bond donors (Lipinski definition) is 0. The van der Waals surface area contributed by atoms with Crippen LogP contribution < -0.4 is 4.90 Å². The van der Waals surface area contributed by atoms with Crippen LogP contribution in [-0.4, -0.2) is 24.1 Å². The van der Waals surface area contributed by atoms with Crippen molar-refractivity contribution in [2.24, 2.45) is 4.99 Å². The Labute approximate surface area is 166 Å². The lowest BCUT2D eigenvalue weighted by atomic mass is 9.87. The van der Waals surface area contributed by atoms with Crippen LogP contribution in [0.4, 0.5) is 15.8 Å². The Balaban J connectivity index is 1.96. The molecule has 1 aliphatic rings. The Morgan fingerprint density at radius 3 is 2.50 bits per heavy atom. The van der Waals surface area contributed by atoms with Gasteiger partial charge in [0.05, 0.1) is 11.2 Å². The molecule has 0 spiro atoms. The van der Waals surface area contributed by atoms with Gasteiger partial charge >= 0.3 is 0 Å². The minimum absolute atomic E-state index is 0.0121. The Kier molecular flexibility index (Phi) is 5.50. The van der Waals surface area contributed by atoms with E-state index < -0.39 is 0 Å². The van der Waals surface area contributed by atoms with Crippen molar-refractivity contribution in [3.05, 3.63) is 65.0 Å². The number of carbonyl (C=O) groups is 1. The van der Waals surface area contributed by atoms with Gasteiger partial charge in [0.25, 0.3) is 0 Å². The number of hydrogen-bond acceptors (Lipinski definition) is 3. The van der Waals surface area contributed by atoms with E-state index in [4.69, 9.17) is 0 Å². The fourth-order valence-corrected chi connectivity index (χ4v) is 3.77. The van der Waals surface area contributed by atoms with E-state index in [2.05, 4.69) is 43.7 Å².